The standard InChI is InChI=1S/C8H15F/c1-7-3-2-4-8(9)6-5-7/h7-8H,2-6H2,1H3/t7-,8?/m1/s1. The zero-order valence-electron chi connectivity index (χ0n) is 6.07. The van der Waals surface area contributed by atoms with E-state index in [1.807, 2.05) is 0 Å². The molecule has 1 heteroatoms. The topological polar surface area (TPSA) is 0 Å². The van der Waals surface area contributed by atoms with Gasteiger partial charge >= 0.3 is 0 Å². The number of alkyl halides is 1. The predicted molar refractivity (Wildman–Crippen MR) is 37.1 cm³/mol. The third-order valence-corrected chi connectivity index (χ3v) is 2.19. The summed E-state index contributed by atoms with van der Waals surface area (Å²) in [5.74, 6) is 0.769. The van der Waals surface area contributed by atoms with Crippen LogP contribution >= 0.6 is 0 Å². The molecule has 2 atom stereocenters. The number of hydrogen-bond donors (Lipinski definition) is 0. The molecule has 0 N–H and O–H groups in total. The van der Waals surface area contributed by atoms with Crippen molar-refractivity contribution in [2.45, 2.75) is 45.2 Å². The van der Waals surface area contributed by atoms with Crippen LogP contribution in [0.3, 0.4) is 0 Å². The van der Waals surface area contributed by atoms with E-state index in [0.717, 1.165) is 31.6 Å². The summed E-state index contributed by atoms with van der Waals surface area (Å²) in [5, 5.41) is 0. The molecule has 1 aliphatic carbocycles. The van der Waals surface area contributed by atoms with Crippen molar-refractivity contribution in [1.29, 1.82) is 0 Å². The lowest BCUT2D eigenvalue weighted by Crippen LogP contribution is -1.96. The van der Waals surface area contributed by atoms with E-state index in [-0.39, 0.29) is 0 Å². The van der Waals surface area contributed by atoms with Crippen LogP contribution in [0.25, 0.3) is 0 Å². The molecule has 1 saturated carbocycles. The van der Waals surface area contributed by atoms with Crippen molar-refractivity contribution >= 4 is 0 Å². The van der Waals surface area contributed by atoms with Gasteiger partial charge in [0.15, 0.2) is 0 Å². The van der Waals surface area contributed by atoms with Crippen molar-refractivity contribution in [1.82, 2.24) is 0 Å². The van der Waals surface area contributed by atoms with Crippen molar-refractivity contribution in [2.75, 3.05) is 0 Å². The molecular weight excluding hydrogens is 115 g/mol. The Morgan fingerprint density at radius 1 is 1.11 bits per heavy atom. The average molecular weight is 130 g/mol. The zero-order chi connectivity index (χ0) is 6.69. The Kier molecular flexibility index (Phi) is 2.49. The van der Waals surface area contributed by atoms with Gasteiger partial charge < -0.3 is 0 Å². The fourth-order valence-corrected chi connectivity index (χ4v) is 1.44. The minimum atomic E-state index is -0.491. The van der Waals surface area contributed by atoms with Gasteiger partial charge in [0.1, 0.15) is 6.17 Å². The lowest BCUT2D eigenvalue weighted by Gasteiger charge is -2.03. The Bertz CT molecular complexity index is 70.6. The summed E-state index contributed by atoms with van der Waals surface area (Å²) in [6, 6.07) is 0. The average Bonchev–Trinajstić information content (AvgIpc) is 1.97. The summed E-state index contributed by atoms with van der Waals surface area (Å²) in [6.07, 6.45) is 4.56. The monoisotopic (exact) mass is 130 g/mol. The minimum absolute atomic E-state index is 0.491. The van der Waals surface area contributed by atoms with Crippen LogP contribution in [0.1, 0.15) is 39.0 Å². The number of halogens is 1. The second kappa shape index (κ2) is 3.19. The molecule has 54 valence electrons. The lowest BCUT2D eigenvalue weighted by atomic mass is 10.0. The van der Waals surface area contributed by atoms with E-state index in [1.165, 1.54) is 6.42 Å². The van der Waals surface area contributed by atoms with Crippen LogP contribution in [0, 0.1) is 5.92 Å². The summed E-state index contributed by atoms with van der Waals surface area (Å²) in [4.78, 5) is 0. The maximum Gasteiger partial charge on any atom is 0.100 e. The minimum Gasteiger partial charge on any atom is -0.247 e. The molecule has 1 rings (SSSR count). The molecule has 9 heavy (non-hydrogen) atoms. The molecule has 0 aliphatic heterocycles. The first kappa shape index (κ1) is 7.04. The van der Waals surface area contributed by atoms with Gasteiger partial charge in [0.05, 0.1) is 0 Å². The molecule has 0 aromatic heterocycles. The van der Waals surface area contributed by atoms with Crippen molar-refractivity contribution in [3.05, 3.63) is 0 Å². The summed E-state index contributed by atoms with van der Waals surface area (Å²) in [5.41, 5.74) is 0. The van der Waals surface area contributed by atoms with Crippen molar-refractivity contribution in [3.63, 3.8) is 0 Å². The van der Waals surface area contributed by atoms with Crippen LogP contribution in [-0.2, 0) is 0 Å². The molecule has 0 bridgehead atoms. The first-order valence-electron chi connectivity index (χ1n) is 3.93. The molecular formula is C8H15F. The lowest BCUT2D eigenvalue weighted by molar-refractivity contribution is 0.298. The first-order valence-corrected chi connectivity index (χ1v) is 3.93. The van der Waals surface area contributed by atoms with Crippen LogP contribution in [0.15, 0.2) is 0 Å². The summed E-state index contributed by atoms with van der Waals surface area (Å²) in [6.45, 7) is 2.22. The highest BCUT2D eigenvalue weighted by molar-refractivity contribution is 4.66. The van der Waals surface area contributed by atoms with E-state index in [0.29, 0.717) is 0 Å². The van der Waals surface area contributed by atoms with E-state index in [1.54, 1.807) is 0 Å². The smallest absolute Gasteiger partial charge is 0.100 e. The van der Waals surface area contributed by atoms with Gasteiger partial charge in [0.25, 0.3) is 0 Å². The molecule has 1 aliphatic rings. The van der Waals surface area contributed by atoms with Crippen LogP contribution in [0.5, 0.6) is 0 Å². The van der Waals surface area contributed by atoms with E-state index in [4.69, 9.17) is 0 Å². The molecule has 0 radical (unpaired) electrons. The fourth-order valence-electron chi connectivity index (χ4n) is 1.44. The molecule has 1 unspecified atom stereocenters. The highest BCUT2D eigenvalue weighted by Crippen LogP contribution is 2.23. The van der Waals surface area contributed by atoms with E-state index in [2.05, 4.69) is 6.92 Å². The van der Waals surface area contributed by atoms with Gasteiger partial charge in [0.2, 0.25) is 0 Å². The van der Waals surface area contributed by atoms with Crippen LogP contribution in [0.4, 0.5) is 4.39 Å². The third-order valence-electron chi connectivity index (χ3n) is 2.19. The van der Waals surface area contributed by atoms with Gasteiger partial charge in [-0.05, 0) is 25.2 Å². The van der Waals surface area contributed by atoms with Crippen LogP contribution < -0.4 is 0 Å². The maximum atomic E-state index is 12.6. The van der Waals surface area contributed by atoms with Crippen molar-refractivity contribution < 1.29 is 4.39 Å². The molecule has 1 fully saturated rings. The Morgan fingerprint density at radius 3 is 2.67 bits per heavy atom. The molecule has 0 heterocycles. The number of rotatable bonds is 0. The second-order valence-corrected chi connectivity index (χ2v) is 3.21. The quantitative estimate of drug-likeness (QED) is 0.442. The molecule has 0 aromatic rings. The van der Waals surface area contributed by atoms with Gasteiger partial charge in [-0.15, -0.1) is 0 Å². The van der Waals surface area contributed by atoms with Crippen LogP contribution in [-0.4, -0.2) is 6.17 Å². The Balaban J connectivity index is 2.25. The van der Waals surface area contributed by atoms with Crippen molar-refractivity contribution in [3.8, 4) is 0 Å². The summed E-state index contributed by atoms with van der Waals surface area (Å²) in [7, 11) is 0. The van der Waals surface area contributed by atoms with Gasteiger partial charge in [0, 0.05) is 0 Å². The molecule has 0 saturated heterocycles. The molecule has 0 nitrogen and oxygen atoms in total. The first-order chi connectivity index (χ1) is 4.29. The second-order valence-electron chi connectivity index (χ2n) is 3.21. The molecule has 0 amide bonds. The van der Waals surface area contributed by atoms with E-state index < -0.39 is 6.17 Å². The number of hydrogen-bond acceptors (Lipinski definition) is 0. The largest absolute Gasteiger partial charge is 0.247 e. The Morgan fingerprint density at radius 2 is 1.89 bits per heavy atom. The zero-order valence-corrected chi connectivity index (χ0v) is 6.07. The highest BCUT2D eigenvalue weighted by atomic mass is 19.1. The summed E-state index contributed by atoms with van der Waals surface area (Å²) >= 11 is 0. The Labute approximate surface area is 56.5 Å². The third kappa shape index (κ3) is 2.33. The van der Waals surface area contributed by atoms with Gasteiger partial charge in [-0.2, -0.15) is 0 Å². The molecule has 0 spiro atoms. The van der Waals surface area contributed by atoms with Crippen LogP contribution in [0.2, 0.25) is 0 Å². The highest BCUT2D eigenvalue weighted by Gasteiger charge is 2.14. The van der Waals surface area contributed by atoms with E-state index in [9.17, 15) is 4.39 Å². The van der Waals surface area contributed by atoms with Gasteiger partial charge in [-0.3, -0.25) is 0 Å². The van der Waals surface area contributed by atoms with Gasteiger partial charge in [-0.1, -0.05) is 19.8 Å². The predicted octanol–water partition coefficient (Wildman–Crippen LogP) is 2.92. The fraction of sp³-hybridized carbons (Fsp3) is 1.00. The normalized spacial score (nSPS) is 38.0. The Hall–Kier alpha value is -0.0700. The van der Waals surface area contributed by atoms with E-state index >= 15 is 0 Å². The maximum absolute atomic E-state index is 12.6. The van der Waals surface area contributed by atoms with Gasteiger partial charge in [-0.25, -0.2) is 4.39 Å². The SMILES string of the molecule is C[C@@H]1CCCC(F)CC1. The van der Waals surface area contributed by atoms with Crippen molar-refractivity contribution in [2.24, 2.45) is 5.92 Å². The summed E-state index contributed by atoms with van der Waals surface area (Å²) < 4.78 is 12.6. The molecule has 0 aromatic carbocycles.